The number of ether oxygens (including phenoxy) is 1. The molecular formula is C9H15FN2O5. The van der Waals surface area contributed by atoms with Crippen LogP contribution in [0.3, 0.4) is 0 Å². The fraction of sp³-hybridized carbons (Fsp3) is 0.889. The number of aliphatic hydroxyl groups is 3. The van der Waals surface area contributed by atoms with E-state index in [9.17, 15) is 19.4 Å². The summed E-state index contributed by atoms with van der Waals surface area (Å²) in [5.41, 5.74) is 0. The number of rotatable bonds is 2. The van der Waals surface area contributed by atoms with Crippen molar-refractivity contribution in [2.24, 2.45) is 0 Å². The number of alkyl halides is 1. The largest absolute Gasteiger partial charge is 0.387 e. The van der Waals surface area contributed by atoms with Gasteiger partial charge in [0, 0.05) is 13.1 Å². The number of urea groups is 1. The van der Waals surface area contributed by atoms with Gasteiger partial charge in [0.05, 0.1) is 0 Å². The first-order chi connectivity index (χ1) is 8.02. The molecule has 0 saturated carbocycles. The van der Waals surface area contributed by atoms with Gasteiger partial charge in [0.2, 0.25) is 6.36 Å². The highest BCUT2D eigenvalue weighted by Gasteiger charge is 2.50. The molecule has 2 heterocycles. The molecule has 0 aromatic carbocycles. The predicted octanol–water partition coefficient (Wildman–Crippen LogP) is -1.86. The number of nitrogens with zero attached hydrogens (tertiary/aromatic N) is 1. The van der Waals surface area contributed by atoms with E-state index in [1.165, 1.54) is 4.90 Å². The normalized spacial score (nSPS) is 40.2. The van der Waals surface area contributed by atoms with Gasteiger partial charge in [0.15, 0.2) is 6.23 Å². The van der Waals surface area contributed by atoms with Gasteiger partial charge in [-0.15, -0.1) is 0 Å². The van der Waals surface area contributed by atoms with Crippen molar-refractivity contribution in [2.75, 3.05) is 13.1 Å². The number of hydrogen-bond donors (Lipinski definition) is 4. The third-order valence-corrected chi connectivity index (χ3v) is 2.97. The third-order valence-electron chi connectivity index (χ3n) is 2.97. The van der Waals surface area contributed by atoms with Gasteiger partial charge in [-0.1, -0.05) is 0 Å². The zero-order chi connectivity index (χ0) is 12.6. The van der Waals surface area contributed by atoms with Gasteiger partial charge < -0.3 is 25.4 Å². The molecule has 98 valence electrons. The molecule has 0 bridgehead atoms. The molecule has 1 unspecified atom stereocenters. The summed E-state index contributed by atoms with van der Waals surface area (Å²) in [5, 5.41) is 30.4. The van der Waals surface area contributed by atoms with E-state index in [1.54, 1.807) is 0 Å². The first-order valence-electron chi connectivity index (χ1n) is 5.40. The predicted molar refractivity (Wildman–Crippen MR) is 52.5 cm³/mol. The molecule has 8 heteroatoms. The first-order valence-corrected chi connectivity index (χ1v) is 5.40. The number of amides is 2. The van der Waals surface area contributed by atoms with Crippen LogP contribution in [0.1, 0.15) is 6.42 Å². The summed E-state index contributed by atoms with van der Waals surface area (Å²) in [5.74, 6) is 0. The summed E-state index contributed by atoms with van der Waals surface area (Å²) in [6.07, 6.45) is -7.41. The Balaban J connectivity index is 2.09. The molecule has 0 spiro atoms. The molecular weight excluding hydrogens is 235 g/mol. The SMILES string of the molecule is O=C1NCCCN1[C@@H]1O[C@H](C(O)F)[C@H](O)[C@@H]1O. The van der Waals surface area contributed by atoms with Crippen LogP contribution in [0.25, 0.3) is 0 Å². The summed E-state index contributed by atoms with van der Waals surface area (Å²) >= 11 is 0. The highest BCUT2D eigenvalue weighted by molar-refractivity contribution is 5.75. The Morgan fingerprint density at radius 2 is 2.18 bits per heavy atom. The van der Waals surface area contributed by atoms with Gasteiger partial charge >= 0.3 is 6.03 Å². The van der Waals surface area contributed by atoms with Crippen molar-refractivity contribution in [3.8, 4) is 0 Å². The molecule has 17 heavy (non-hydrogen) atoms. The molecule has 0 radical (unpaired) electrons. The minimum absolute atomic E-state index is 0.343. The Bertz CT molecular complexity index is 303. The molecule has 0 aliphatic carbocycles. The van der Waals surface area contributed by atoms with Gasteiger partial charge in [0.25, 0.3) is 0 Å². The van der Waals surface area contributed by atoms with E-state index in [0.29, 0.717) is 19.5 Å². The molecule has 2 aliphatic heterocycles. The summed E-state index contributed by atoms with van der Waals surface area (Å²) in [4.78, 5) is 12.7. The lowest BCUT2D eigenvalue weighted by atomic mass is 10.1. The van der Waals surface area contributed by atoms with Crippen molar-refractivity contribution in [2.45, 2.75) is 37.3 Å². The van der Waals surface area contributed by atoms with Crippen LogP contribution < -0.4 is 5.32 Å². The maximum Gasteiger partial charge on any atom is 0.319 e. The van der Waals surface area contributed by atoms with Crippen molar-refractivity contribution in [1.82, 2.24) is 10.2 Å². The zero-order valence-corrected chi connectivity index (χ0v) is 8.99. The van der Waals surface area contributed by atoms with Crippen LogP contribution in [0, 0.1) is 0 Å². The van der Waals surface area contributed by atoms with Crippen LogP contribution in [0.15, 0.2) is 0 Å². The van der Waals surface area contributed by atoms with E-state index in [-0.39, 0.29) is 0 Å². The van der Waals surface area contributed by atoms with Gasteiger partial charge in [-0.2, -0.15) is 0 Å². The Morgan fingerprint density at radius 3 is 2.71 bits per heavy atom. The van der Waals surface area contributed by atoms with Crippen molar-refractivity contribution in [3.05, 3.63) is 0 Å². The van der Waals surface area contributed by atoms with Gasteiger partial charge in [0.1, 0.15) is 18.3 Å². The molecule has 7 nitrogen and oxygen atoms in total. The van der Waals surface area contributed by atoms with E-state index < -0.39 is 36.9 Å². The first kappa shape index (κ1) is 12.5. The van der Waals surface area contributed by atoms with E-state index >= 15 is 0 Å². The van der Waals surface area contributed by atoms with Gasteiger partial charge in [-0.3, -0.25) is 4.90 Å². The summed E-state index contributed by atoms with van der Waals surface area (Å²) < 4.78 is 17.7. The second kappa shape index (κ2) is 4.73. The zero-order valence-electron chi connectivity index (χ0n) is 8.99. The molecule has 0 aromatic rings. The van der Waals surface area contributed by atoms with Crippen LogP contribution in [-0.2, 0) is 4.74 Å². The highest BCUT2D eigenvalue weighted by atomic mass is 19.1. The Kier molecular flexibility index (Phi) is 3.48. The fourth-order valence-corrected chi connectivity index (χ4v) is 2.06. The summed E-state index contributed by atoms with van der Waals surface area (Å²) in [6.45, 7) is 0.866. The number of nitrogens with one attached hydrogen (secondary N) is 1. The number of halogens is 1. The molecule has 2 amide bonds. The van der Waals surface area contributed by atoms with Crippen LogP contribution in [0.5, 0.6) is 0 Å². The lowest BCUT2D eigenvalue weighted by molar-refractivity contribution is -0.139. The highest BCUT2D eigenvalue weighted by Crippen LogP contribution is 2.27. The molecule has 0 aromatic heterocycles. The van der Waals surface area contributed by atoms with Crippen LogP contribution in [0.2, 0.25) is 0 Å². The number of carbonyl (C=O) groups excluding carboxylic acids is 1. The lowest BCUT2D eigenvalue weighted by Gasteiger charge is -2.33. The average molecular weight is 250 g/mol. The fourth-order valence-electron chi connectivity index (χ4n) is 2.06. The summed E-state index contributed by atoms with van der Waals surface area (Å²) in [6, 6.07) is -0.443. The van der Waals surface area contributed by atoms with E-state index in [2.05, 4.69) is 5.32 Å². The van der Waals surface area contributed by atoms with Gasteiger partial charge in [-0.25, -0.2) is 9.18 Å². The van der Waals surface area contributed by atoms with E-state index in [0.717, 1.165) is 0 Å². The monoisotopic (exact) mass is 250 g/mol. The van der Waals surface area contributed by atoms with Gasteiger partial charge in [-0.05, 0) is 6.42 Å². The molecule has 5 atom stereocenters. The average Bonchev–Trinajstić information content (AvgIpc) is 2.57. The smallest absolute Gasteiger partial charge is 0.319 e. The topological polar surface area (TPSA) is 102 Å². The van der Waals surface area contributed by atoms with Crippen LogP contribution >= 0.6 is 0 Å². The second-order valence-electron chi connectivity index (χ2n) is 4.12. The number of hydrogen-bond acceptors (Lipinski definition) is 5. The molecule has 2 fully saturated rings. The van der Waals surface area contributed by atoms with Crippen molar-refractivity contribution in [3.63, 3.8) is 0 Å². The quantitative estimate of drug-likeness (QED) is 0.460. The molecule has 2 saturated heterocycles. The molecule has 2 aliphatic rings. The van der Waals surface area contributed by atoms with Crippen molar-refractivity contribution in [1.29, 1.82) is 0 Å². The van der Waals surface area contributed by atoms with Crippen LogP contribution in [-0.4, -0.2) is 70.2 Å². The number of carbonyl (C=O) groups is 1. The van der Waals surface area contributed by atoms with Crippen molar-refractivity contribution >= 4 is 6.03 Å². The third kappa shape index (κ3) is 2.21. The molecule has 2 rings (SSSR count). The standard InChI is InChI=1S/C9H15FN2O5/c10-7(15)6-4(13)5(14)8(17-6)12-3-1-2-11-9(12)16/h4-8,13-15H,1-3H2,(H,11,16)/t4-,5+,6+,7?,8-/m1/s1. The second-order valence-corrected chi connectivity index (χ2v) is 4.12. The Labute approximate surface area is 96.8 Å². The summed E-state index contributed by atoms with van der Waals surface area (Å²) in [7, 11) is 0. The van der Waals surface area contributed by atoms with E-state index in [1.807, 2.05) is 0 Å². The van der Waals surface area contributed by atoms with Crippen molar-refractivity contribution < 1.29 is 29.2 Å². The van der Waals surface area contributed by atoms with E-state index in [4.69, 9.17) is 9.84 Å². The maximum absolute atomic E-state index is 12.7. The lowest BCUT2D eigenvalue weighted by Crippen LogP contribution is -2.54. The Hall–Kier alpha value is -0.960. The Morgan fingerprint density at radius 1 is 1.47 bits per heavy atom. The minimum Gasteiger partial charge on any atom is -0.387 e. The number of aliphatic hydroxyl groups excluding tert-OH is 3. The van der Waals surface area contributed by atoms with Crippen LogP contribution in [0.4, 0.5) is 9.18 Å². The maximum atomic E-state index is 12.7. The minimum atomic E-state index is -2.41. The molecule has 4 N–H and O–H groups in total.